The minimum absolute atomic E-state index is 0.283. The van der Waals surface area contributed by atoms with Crippen LogP contribution in [0.4, 0.5) is 0 Å². The lowest BCUT2D eigenvalue weighted by atomic mass is 10.1. The first-order chi connectivity index (χ1) is 7.75. The van der Waals surface area contributed by atoms with Gasteiger partial charge in [-0.05, 0) is 42.3 Å². The number of nitrogens with zero attached hydrogens (tertiary/aromatic N) is 1. The van der Waals surface area contributed by atoms with E-state index in [2.05, 4.69) is 4.98 Å². The molecule has 0 fully saturated rings. The lowest BCUT2D eigenvalue weighted by molar-refractivity contribution is 0.475. The molecule has 0 spiro atoms. The maximum Gasteiger partial charge on any atom is 0.115 e. The van der Waals surface area contributed by atoms with Gasteiger partial charge in [0, 0.05) is 6.20 Å². The molecule has 16 heavy (non-hydrogen) atoms. The van der Waals surface area contributed by atoms with E-state index in [4.69, 9.17) is 5.11 Å². The van der Waals surface area contributed by atoms with Crippen molar-refractivity contribution < 1.29 is 5.11 Å². The zero-order valence-electron chi connectivity index (χ0n) is 9.09. The number of phenols is 1. The minimum Gasteiger partial charge on any atom is -0.508 e. The van der Waals surface area contributed by atoms with Gasteiger partial charge in [-0.3, -0.25) is 4.98 Å². The summed E-state index contributed by atoms with van der Waals surface area (Å²) in [6.07, 6.45) is 5.74. The van der Waals surface area contributed by atoms with E-state index in [1.165, 1.54) is 0 Å². The molecule has 0 saturated carbocycles. The van der Waals surface area contributed by atoms with Gasteiger partial charge in [-0.15, -0.1) is 0 Å². The standard InChI is InChI=1S/C14H13NO/c1-11-3-2-10-15-14(11)9-6-12-4-7-13(16)8-5-12/h2-10,16H,1H3. The summed E-state index contributed by atoms with van der Waals surface area (Å²) in [6.45, 7) is 2.03. The summed E-state index contributed by atoms with van der Waals surface area (Å²) in [7, 11) is 0. The summed E-state index contributed by atoms with van der Waals surface area (Å²) in [4.78, 5) is 4.27. The molecule has 0 amide bonds. The highest BCUT2D eigenvalue weighted by atomic mass is 16.3. The van der Waals surface area contributed by atoms with Crippen LogP contribution in [0.15, 0.2) is 42.6 Å². The Hall–Kier alpha value is -2.09. The SMILES string of the molecule is Cc1cccnc1C=Cc1ccc(O)cc1. The number of aryl methyl sites for hydroxylation is 1. The number of hydrogen-bond donors (Lipinski definition) is 1. The molecule has 0 aliphatic rings. The van der Waals surface area contributed by atoms with E-state index in [0.29, 0.717) is 0 Å². The number of pyridine rings is 1. The predicted octanol–water partition coefficient (Wildman–Crippen LogP) is 3.27. The summed E-state index contributed by atoms with van der Waals surface area (Å²) < 4.78 is 0. The van der Waals surface area contributed by atoms with Crippen molar-refractivity contribution in [3.05, 3.63) is 59.4 Å². The average Bonchev–Trinajstić information content (AvgIpc) is 2.30. The van der Waals surface area contributed by atoms with Crippen LogP contribution in [-0.2, 0) is 0 Å². The second-order valence-corrected chi connectivity index (χ2v) is 3.63. The van der Waals surface area contributed by atoms with E-state index in [1.807, 2.05) is 43.3 Å². The lowest BCUT2D eigenvalue weighted by Crippen LogP contribution is -1.83. The van der Waals surface area contributed by atoms with E-state index >= 15 is 0 Å². The molecule has 1 heterocycles. The quantitative estimate of drug-likeness (QED) is 0.827. The largest absolute Gasteiger partial charge is 0.508 e. The molecule has 1 aromatic carbocycles. The van der Waals surface area contributed by atoms with Crippen LogP contribution < -0.4 is 0 Å². The Morgan fingerprint density at radius 1 is 1.06 bits per heavy atom. The highest BCUT2D eigenvalue weighted by Crippen LogP contribution is 2.13. The Balaban J connectivity index is 2.21. The molecule has 80 valence electrons. The summed E-state index contributed by atoms with van der Waals surface area (Å²) in [5.41, 5.74) is 3.16. The molecule has 2 heteroatoms. The lowest BCUT2D eigenvalue weighted by Gasteiger charge is -1.98. The van der Waals surface area contributed by atoms with Crippen LogP contribution in [0, 0.1) is 6.92 Å². The Morgan fingerprint density at radius 2 is 1.81 bits per heavy atom. The smallest absolute Gasteiger partial charge is 0.115 e. The van der Waals surface area contributed by atoms with Crippen molar-refractivity contribution in [3.8, 4) is 5.75 Å². The predicted molar refractivity (Wildman–Crippen MR) is 66.0 cm³/mol. The maximum atomic E-state index is 9.15. The number of benzene rings is 1. The number of aromatic nitrogens is 1. The monoisotopic (exact) mass is 211 g/mol. The van der Waals surface area contributed by atoms with Crippen LogP contribution in [0.25, 0.3) is 12.2 Å². The van der Waals surface area contributed by atoms with E-state index in [-0.39, 0.29) is 5.75 Å². The van der Waals surface area contributed by atoms with Gasteiger partial charge in [0.2, 0.25) is 0 Å². The molecule has 0 aliphatic heterocycles. The van der Waals surface area contributed by atoms with Gasteiger partial charge in [-0.25, -0.2) is 0 Å². The molecular formula is C14H13NO. The zero-order chi connectivity index (χ0) is 11.4. The van der Waals surface area contributed by atoms with E-state index in [9.17, 15) is 0 Å². The maximum absolute atomic E-state index is 9.15. The van der Waals surface area contributed by atoms with Crippen molar-refractivity contribution in [1.82, 2.24) is 4.98 Å². The first kappa shape index (κ1) is 10.4. The van der Waals surface area contributed by atoms with Gasteiger partial charge < -0.3 is 5.11 Å². The highest BCUT2D eigenvalue weighted by Gasteiger charge is 1.93. The van der Waals surface area contributed by atoms with Crippen molar-refractivity contribution in [1.29, 1.82) is 0 Å². The fraction of sp³-hybridized carbons (Fsp3) is 0.0714. The first-order valence-corrected chi connectivity index (χ1v) is 5.14. The third kappa shape index (κ3) is 2.48. The second-order valence-electron chi connectivity index (χ2n) is 3.63. The van der Waals surface area contributed by atoms with Crippen LogP contribution >= 0.6 is 0 Å². The fourth-order valence-corrected chi connectivity index (χ4v) is 1.43. The van der Waals surface area contributed by atoms with Crippen molar-refractivity contribution >= 4 is 12.2 Å². The molecular weight excluding hydrogens is 198 g/mol. The second kappa shape index (κ2) is 4.62. The molecule has 0 radical (unpaired) electrons. The molecule has 0 bridgehead atoms. The fourth-order valence-electron chi connectivity index (χ4n) is 1.43. The van der Waals surface area contributed by atoms with E-state index < -0.39 is 0 Å². The van der Waals surface area contributed by atoms with Crippen LogP contribution in [0.1, 0.15) is 16.8 Å². The molecule has 0 unspecified atom stereocenters. The number of aromatic hydroxyl groups is 1. The van der Waals surface area contributed by atoms with Crippen LogP contribution in [0.2, 0.25) is 0 Å². The average molecular weight is 211 g/mol. The summed E-state index contributed by atoms with van der Waals surface area (Å²) in [6, 6.07) is 11.0. The van der Waals surface area contributed by atoms with Crippen LogP contribution in [0.3, 0.4) is 0 Å². The molecule has 1 aromatic heterocycles. The third-order valence-electron chi connectivity index (χ3n) is 2.38. The van der Waals surface area contributed by atoms with E-state index in [1.54, 1.807) is 18.3 Å². The molecule has 0 aliphatic carbocycles. The zero-order valence-corrected chi connectivity index (χ0v) is 9.09. The minimum atomic E-state index is 0.283. The summed E-state index contributed by atoms with van der Waals surface area (Å²) >= 11 is 0. The van der Waals surface area contributed by atoms with Gasteiger partial charge in [0.05, 0.1) is 5.69 Å². The van der Waals surface area contributed by atoms with Crippen LogP contribution in [-0.4, -0.2) is 10.1 Å². The van der Waals surface area contributed by atoms with Crippen molar-refractivity contribution in [2.45, 2.75) is 6.92 Å². The van der Waals surface area contributed by atoms with Gasteiger partial charge in [0.25, 0.3) is 0 Å². The molecule has 1 N–H and O–H groups in total. The van der Waals surface area contributed by atoms with Gasteiger partial charge in [0.1, 0.15) is 5.75 Å². The van der Waals surface area contributed by atoms with Crippen molar-refractivity contribution in [2.24, 2.45) is 0 Å². The van der Waals surface area contributed by atoms with Crippen LogP contribution in [0.5, 0.6) is 5.75 Å². The molecule has 0 saturated heterocycles. The molecule has 2 rings (SSSR count). The topological polar surface area (TPSA) is 33.1 Å². The number of hydrogen-bond acceptors (Lipinski definition) is 2. The Kier molecular flexibility index (Phi) is 3.01. The van der Waals surface area contributed by atoms with Gasteiger partial charge in [-0.2, -0.15) is 0 Å². The van der Waals surface area contributed by atoms with Gasteiger partial charge in [-0.1, -0.05) is 24.3 Å². The summed E-state index contributed by atoms with van der Waals surface area (Å²) in [5.74, 6) is 0.283. The first-order valence-electron chi connectivity index (χ1n) is 5.14. The summed E-state index contributed by atoms with van der Waals surface area (Å²) in [5, 5.41) is 9.15. The van der Waals surface area contributed by atoms with Gasteiger partial charge >= 0.3 is 0 Å². The Morgan fingerprint density at radius 3 is 2.50 bits per heavy atom. The molecule has 0 atom stereocenters. The Labute approximate surface area is 94.9 Å². The normalized spacial score (nSPS) is 10.8. The molecule has 2 nitrogen and oxygen atoms in total. The van der Waals surface area contributed by atoms with Gasteiger partial charge in [0.15, 0.2) is 0 Å². The highest BCUT2D eigenvalue weighted by molar-refractivity contribution is 5.69. The van der Waals surface area contributed by atoms with Crippen molar-refractivity contribution in [3.63, 3.8) is 0 Å². The third-order valence-corrected chi connectivity index (χ3v) is 2.38. The Bertz CT molecular complexity index is 500. The molecule has 2 aromatic rings. The van der Waals surface area contributed by atoms with Crippen molar-refractivity contribution in [2.75, 3.05) is 0 Å². The number of phenolic OH excluding ortho intramolecular Hbond substituents is 1. The van der Waals surface area contributed by atoms with E-state index in [0.717, 1.165) is 16.8 Å². The number of rotatable bonds is 2.